The first-order chi connectivity index (χ1) is 14.9. The van der Waals surface area contributed by atoms with Gasteiger partial charge in [0.15, 0.2) is 0 Å². The standard InChI is InChI=1S/C24H28FN3O3/c1-15(16-9-11-18(25)12-10-16)28-13-5-8-21(24(28)31)27-23(30)19-14-17-6-3-2-4-7-20(17)26-22(19)29/h9-12,14-15,21H,2-8,13H2,1H3,(H,26,29)(H,27,30). The van der Waals surface area contributed by atoms with Crippen LogP contribution in [0.2, 0.25) is 0 Å². The van der Waals surface area contributed by atoms with E-state index in [0.717, 1.165) is 55.3 Å². The maximum Gasteiger partial charge on any atom is 0.261 e. The Bertz CT molecular complexity index is 1030. The molecule has 2 aromatic rings. The van der Waals surface area contributed by atoms with Crippen molar-refractivity contribution < 1.29 is 14.0 Å². The van der Waals surface area contributed by atoms with Gasteiger partial charge in [-0.3, -0.25) is 14.4 Å². The number of piperidine rings is 1. The number of carbonyl (C=O) groups is 2. The van der Waals surface area contributed by atoms with E-state index in [1.54, 1.807) is 23.1 Å². The lowest BCUT2D eigenvalue weighted by Crippen LogP contribution is -2.53. The molecule has 1 saturated heterocycles. The number of aromatic amines is 1. The second-order valence-corrected chi connectivity index (χ2v) is 8.50. The van der Waals surface area contributed by atoms with Gasteiger partial charge in [0.25, 0.3) is 11.5 Å². The summed E-state index contributed by atoms with van der Waals surface area (Å²) in [6.45, 7) is 2.47. The van der Waals surface area contributed by atoms with Crippen LogP contribution in [0.15, 0.2) is 35.1 Å². The topological polar surface area (TPSA) is 82.3 Å². The van der Waals surface area contributed by atoms with E-state index in [9.17, 15) is 18.8 Å². The van der Waals surface area contributed by atoms with Crippen molar-refractivity contribution in [2.45, 2.75) is 64.0 Å². The number of H-pyrrole nitrogens is 1. The molecule has 0 spiro atoms. The molecule has 0 saturated carbocycles. The summed E-state index contributed by atoms with van der Waals surface area (Å²) in [5.74, 6) is -1.01. The Morgan fingerprint density at radius 1 is 1.13 bits per heavy atom. The zero-order valence-electron chi connectivity index (χ0n) is 17.7. The smallest absolute Gasteiger partial charge is 0.261 e. The van der Waals surface area contributed by atoms with E-state index in [4.69, 9.17) is 0 Å². The summed E-state index contributed by atoms with van der Waals surface area (Å²) in [6, 6.07) is 6.89. The van der Waals surface area contributed by atoms with Crippen LogP contribution in [0.3, 0.4) is 0 Å². The number of fused-ring (bicyclic) bond motifs is 1. The van der Waals surface area contributed by atoms with Crippen LogP contribution in [0.4, 0.5) is 4.39 Å². The molecular weight excluding hydrogens is 397 g/mol. The average Bonchev–Trinajstić information content (AvgIpc) is 2.99. The van der Waals surface area contributed by atoms with E-state index in [1.165, 1.54) is 12.1 Å². The van der Waals surface area contributed by atoms with E-state index in [0.29, 0.717) is 13.0 Å². The highest BCUT2D eigenvalue weighted by Gasteiger charge is 2.33. The van der Waals surface area contributed by atoms with Gasteiger partial charge in [-0.1, -0.05) is 18.6 Å². The third-order valence-corrected chi connectivity index (χ3v) is 6.43. The molecule has 2 atom stereocenters. The second-order valence-electron chi connectivity index (χ2n) is 8.50. The van der Waals surface area contributed by atoms with E-state index in [-0.39, 0.29) is 23.3 Å². The van der Waals surface area contributed by atoms with Crippen LogP contribution in [-0.4, -0.2) is 34.3 Å². The predicted octanol–water partition coefficient (Wildman–Crippen LogP) is 3.26. The van der Waals surface area contributed by atoms with E-state index >= 15 is 0 Å². The third-order valence-electron chi connectivity index (χ3n) is 6.43. The van der Waals surface area contributed by atoms with Crippen LogP contribution in [-0.2, 0) is 17.6 Å². The van der Waals surface area contributed by atoms with Gasteiger partial charge < -0.3 is 15.2 Å². The minimum Gasteiger partial charge on any atom is -0.340 e. The number of nitrogens with one attached hydrogen (secondary N) is 2. The van der Waals surface area contributed by atoms with Crippen molar-refractivity contribution in [3.8, 4) is 0 Å². The number of likely N-dealkylation sites (tertiary alicyclic amines) is 1. The fourth-order valence-electron chi connectivity index (χ4n) is 4.60. The highest BCUT2D eigenvalue weighted by Crippen LogP contribution is 2.26. The molecule has 2 N–H and O–H groups in total. The fourth-order valence-corrected chi connectivity index (χ4v) is 4.60. The van der Waals surface area contributed by atoms with Gasteiger partial charge in [0, 0.05) is 12.2 Å². The fraction of sp³-hybridized carbons (Fsp3) is 0.458. The van der Waals surface area contributed by atoms with Crippen molar-refractivity contribution >= 4 is 11.8 Å². The molecule has 2 unspecified atom stereocenters. The van der Waals surface area contributed by atoms with Crippen LogP contribution in [0.25, 0.3) is 0 Å². The molecule has 31 heavy (non-hydrogen) atoms. The first-order valence-corrected chi connectivity index (χ1v) is 11.1. The normalized spacial score (nSPS) is 20.0. The molecule has 1 fully saturated rings. The number of hydrogen-bond donors (Lipinski definition) is 2. The maximum absolute atomic E-state index is 13.2. The third kappa shape index (κ3) is 4.55. The van der Waals surface area contributed by atoms with Crippen molar-refractivity contribution in [1.29, 1.82) is 0 Å². The van der Waals surface area contributed by atoms with Gasteiger partial charge in [0.05, 0.1) is 6.04 Å². The molecule has 164 valence electrons. The highest BCUT2D eigenvalue weighted by molar-refractivity contribution is 5.97. The van der Waals surface area contributed by atoms with Crippen LogP contribution < -0.4 is 10.9 Å². The summed E-state index contributed by atoms with van der Waals surface area (Å²) < 4.78 is 13.2. The molecule has 1 aliphatic carbocycles. The van der Waals surface area contributed by atoms with Gasteiger partial charge in [-0.05, 0) is 74.8 Å². The Hall–Kier alpha value is -2.96. The minimum absolute atomic E-state index is 0.0668. The van der Waals surface area contributed by atoms with Gasteiger partial charge in [-0.15, -0.1) is 0 Å². The summed E-state index contributed by atoms with van der Waals surface area (Å²) in [6.07, 6.45) is 6.12. The first-order valence-electron chi connectivity index (χ1n) is 11.1. The Morgan fingerprint density at radius 2 is 1.87 bits per heavy atom. The van der Waals surface area contributed by atoms with Crippen molar-refractivity contribution in [3.63, 3.8) is 0 Å². The lowest BCUT2D eigenvalue weighted by molar-refractivity contribution is -0.138. The lowest BCUT2D eigenvalue weighted by Gasteiger charge is -2.37. The molecule has 1 aromatic heterocycles. The average molecular weight is 426 g/mol. The quantitative estimate of drug-likeness (QED) is 0.738. The monoisotopic (exact) mass is 425 g/mol. The summed E-state index contributed by atoms with van der Waals surface area (Å²) in [4.78, 5) is 43.1. The summed E-state index contributed by atoms with van der Waals surface area (Å²) in [5, 5.41) is 2.78. The maximum atomic E-state index is 13.2. The summed E-state index contributed by atoms with van der Waals surface area (Å²) in [7, 11) is 0. The molecule has 2 amide bonds. The van der Waals surface area contributed by atoms with Crippen LogP contribution in [0, 0.1) is 5.82 Å². The number of halogens is 1. The van der Waals surface area contributed by atoms with Gasteiger partial charge in [-0.25, -0.2) is 4.39 Å². The molecule has 1 aromatic carbocycles. The van der Waals surface area contributed by atoms with Gasteiger partial charge in [-0.2, -0.15) is 0 Å². The SMILES string of the molecule is CC(c1ccc(F)cc1)N1CCCC(NC(=O)c2cc3c([nH]c2=O)CCCCC3)C1=O. The molecule has 2 aliphatic rings. The number of aryl methyl sites for hydroxylation is 2. The molecule has 7 heteroatoms. The highest BCUT2D eigenvalue weighted by atomic mass is 19.1. The number of aromatic nitrogens is 1. The Balaban J connectivity index is 1.49. The van der Waals surface area contributed by atoms with Gasteiger partial charge in [0.1, 0.15) is 17.4 Å². The van der Waals surface area contributed by atoms with Crippen molar-refractivity contribution in [2.24, 2.45) is 0 Å². The Labute approximate surface area is 180 Å². The van der Waals surface area contributed by atoms with Crippen LogP contribution in [0.1, 0.15) is 72.2 Å². The Kier molecular flexibility index (Phi) is 6.20. The number of benzene rings is 1. The van der Waals surface area contributed by atoms with Gasteiger partial charge >= 0.3 is 0 Å². The number of hydrogen-bond acceptors (Lipinski definition) is 3. The van der Waals surface area contributed by atoms with Crippen molar-refractivity contribution in [1.82, 2.24) is 15.2 Å². The second kappa shape index (κ2) is 9.04. The van der Waals surface area contributed by atoms with Crippen molar-refractivity contribution in [3.05, 3.63) is 68.9 Å². The lowest BCUT2D eigenvalue weighted by atomic mass is 9.99. The number of rotatable bonds is 4. The summed E-state index contributed by atoms with van der Waals surface area (Å²) >= 11 is 0. The molecular formula is C24H28FN3O3. The van der Waals surface area contributed by atoms with Crippen molar-refractivity contribution in [2.75, 3.05) is 6.54 Å². The minimum atomic E-state index is -0.678. The van der Waals surface area contributed by atoms with Gasteiger partial charge in [0.2, 0.25) is 5.91 Å². The Morgan fingerprint density at radius 3 is 2.65 bits per heavy atom. The number of pyridine rings is 1. The molecule has 0 radical (unpaired) electrons. The number of carbonyl (C=O) groups excluding carboxylic acids is 2. The largest absolute Gasteiger partial charge is 0.340 e. The zero-order chi connectivity index (χ0) is 22.0. The van der Waals surface area contributed by atoms with E-state index < -0.39 is 17.5 Å². The molecule has 2 heterocycles. The molecule has 0 bridgehead atoms. The zero-order valence-corrected chi connectivity index (χ0v) is 17.7. The van der Waals surface area contributed by atoms with E-state index in [1.807, 2.05) is 6.92 Å². The van der Waals surface area contributed by atoms with E-state index in [2.05, 4.69) is 10.3 Å². The molecule has 4 rings (SSSR count). The molecule has 1 aliphatic heterocycles. The number of nitrogens with zero attached hydrogens (tertiary/aromatic N) is 1. The summed E-state index contributed by atoms with van der Waals surface area (Å²) in [5.41, 5.74) is 2.44. The van der Waals surface area contributed by atoms with Crippen LogP contribution >= 0.6 is 0 Å². The molecule has 6 nitrogen and oxygen atoms in total. The van der Waals surface area contributed by atoms with Crippen LogP contribution in [0.5, 0.6) is 0 Å². The predicted molar refractivity (Wildman–Crippen MR) is 115 cm³/mol. The first kappa shape index (κ1) is 21.3. The number of amides is 2.